The summed E-state index contributed by atoms with van der Waals surface area (Å²) in [4.78, 5) is 13.2. The second kappa shape index (κ2) is 10.3. The molecule has 0 unspecified atom stereocenters. The molecular weight excluding hydrogens is 450 g/mol. The molecule has 4 rings (SSSR count). The average molecular weight is 484 g/mol. The standard InChI is InChI=1S/C28H33F2N2O3/c1-21(2)25-31(15-16-32(25)20-22-9-5-3-6-10-22)17-18-35-26(33)28(34,23-11-7-4-8-12-23)24-13-14-27(29,30)19-24/h3-12,15-16,21,24,34H,13-14,17-20H2,1-2H3/q+1/t24-,28+/m1/s1. The molecule has 2 aromatic carbocycles. The lowest BCUT2D eigenvalue weighted by molar-refractivity contribution is -0.696. The third kappa shape index (κ3) is 5.45. The van der Waals surface area contributed by atoms with E-state index in [2.05, 4.69) is 30.5 Å². The summed E-state index contributed by atoms with van der Waals surface area (Å²) >= 11 is 0. The number of ether oxygens (including phenoxy) is 1. The lowest BCUT2D eigenvalue weighted by atomic mass is 9.80. The number of nitrogens with zero attached hydrogens (tertiary/aromatic N) is 2. The molecule has 1 fully saturated rings. The van der Waals surface area contributed by atoms with Crippen molar-refractivity contribution >= 4 is 5.97 Å². The van der Waals surface area contributed by atoms with E-state index in [-0.39, 0.29) is 30.9 Å². The number of esters is 1. The Labute approximate surface area is 205 Å². The van der Waals surface area contributed by atoms with Gasteiger partial charge in [-0.25, -0.2) is 22.7 Å². The zero-order chi connectivity index (χ0) is 25.1. The molecule has 1 N–H and O–H groups in total. The number of imidazole rings is 1. The second-order valence-corrected chi connectivity index (χ2v) is 9.68. The van der Waals surface area contributed by atoms with Gasteiger partial charge in [0.05, 0.1) is 5.92 Å². The van der Waals surface area contributed by atoms with E-state index in [0.29, 0.717) is 6.54 Å². The Hall–Kier alpha value is -3.06. The highest BCUT2D eigenvalue weighted by atomic mass is 19.3. The molecule has 7 heteroatoms. The highest BCUT2D eigenvalue weighted by Crippen LogP contribution is 2.47. The van der Waals surface area contributed by atoms with Crippen molar-refractivity contribution in [2.45, 2.75) is 63.6 Å². The van der Waals surface area contributed by atoms with Crippen LogP contribution in [-0.4, -0.2) is 28.2 Å². The Morgan fingerprint density at radius 3 is 2.43 bits per heavy atom. The Kier molecular flexibility index (Phi) is 7.36. The monoisotopic (exact) mass is 483 g/mol. The summed E-state index contributed by atoms with van der Waals surface area (Å²) in [7, 11) is 0. The largest absolute Gasteiger partial charge is 0.459 e. The minimum atomic E-state index is -2.89. The van der Waals surface area contributed by atoms with Gasteiger partial charge in [0.2, 0.25) is 5.92 Å². The van der Waals surface area contributed by atoms with Crippen LogP contribution >= 0.6 is 0 Å². The fraction of sp³-hybridized carbons (Fsp3) is 0.429. The van der Waals surface area contributed by atoms with Gasteiger partial charge in [-0.1, -0.05) is 74.5 Å². The van der Waals surface area contributed by atoms with Crippen LogP contribution in [0.2, 0.25) is 0 Å². The normalized spacial score (nSPS) is 19.0. The minimum absolute atomic E-state index is 0.0246. The smallest absolute Gasteiger partial charge is 0.343 e. The Balaban J connectivity index is 1.48. The van der Waals surface area contributed by atoms with Crippen LogP contribution in [0.5, 0.6) is 0 Å². The summed E-state index contributed by atoms with van der Waals surface area (Å²) in [5, 5.41) is 11.5. The van der Waals surface area contributed by atoms with E-state index in [1.165, 1.54) is 5.56 Å². The number of benzene rings is 2. The van der Waals surface area contributed by atoms with Crippen molar-refractivity contribution in [3.8, 4) is 0 Å². The Bertz CT molecular complexity index is 1130. The Morgan fingerprint density at radius 1 is 1.17 bits per heavy atom. The van der Waals surface area contributed by atoms with E-state index in [1.54, 1.807) is 30.3 Å². The van der Waals surface area contributed by atoms with Crippen molar-refractivity contribution < 1.29 is 28.0 Å². The van der Waals surface area contributed by atoms with Gasteiger partial charge in [0.15, 0.2) is 5.60 Å². The molecule has 0 bridgehead atoms. The first-order valence-electron chi connectivity index (χ1n) is 12.2. The number of hydrogen-bond donors (Lipinski definition) is 1. The van der Waals surface area contributed by atoms with Gasteiger partial charge in [-0.2, -0.15) is 0 Å². The fourth-order valence-corrected chi connectivity index (χ4v) is 5.11. The molecule has 1 aliphatic rings. The van der Waals surface area contributed by atoms with Gasteiger partial charge < -0.3 is 9.84 Å². The first-order chi connectivity index (χ1) is 16.7. The minimum Gasteiger partial charge on any atom is -0.459 e. The maximum absolute atomic E-state index is 14.0. The van der Waals surface area contributed by atoms with Crippen molar-refractivity contribution in [1.29, 1.82) is 0 Å². The van der Waals surface area contributed by atoms with Crippen molar-refractivity contribution in [3.63, 3.8) is 0 Å². The van der Waals surface area contributed by atoms with Gasteiger partial charge in [0.1, 0.15) is 32.1 Å². The van der Waals surface area contributed by atoms with Gasteiger partial charge in [-0.05, 0) is 17.5 Å². The molecule has 0 saturated heterocycles. The maximum Gasteiger partial charge on any atom is 0.343 e. The molecule has 0 radical (unpaired) electrons. The molecule has 3 aromatic rings. The first kappa shape index (κ1) is 25.0. The Morgan fingerprint density at radius 2 is 1.83 bits per heavy atom. The number of alkyl halides is 2. The van der Waals surface area contributed by atoms with E-state index in [1.807, 2.05) is 35.2 Å². The number of aromatic nitrogens is 2. The zero-order valence-corrected chi connectivity index (χ0v) is 20.2. The molecule has 186 valence electrons. The quantitative estimate of drug-likeness (QED) is 0.351. The van der Waals surface area contributed by atoms with Crippen molar-refractivity contribution in [3.05, 3.63) is 90.0 Å². The third-order valence-corrected chi connectivity index (χ3v) is 6.81. The molecule has 35 heavy (non-hydrogen) atoms. The summed E-state index contributed by atoms with van der Waals surface area (Å²) in [5.74, 6) is -3.36. The number of aliphatic hydroxyl groups is 1. The lowest BCUT2D eigenvalue weighted by Gasteiger charge is -2.32. The molecular formula is C28H33F2N2O3+. The highest BCUT2D eigenvalue weighted by Gasteiger charge is 2.54. The molecule has 2 atom stereocenters. The average Bonchev–Trinajstić information content (AvgIpc) is 3.42. The second-order valence-electron chi connectivity index (χ2n) is 9.68. The topological polar surface area (TPSA) is 55.3 Å². The third-order valence-electron chi connectivity index (χ3n) is 6.81. The van der Waals surface area contributed by atoms with Crippen LogP contribution in [0.4, 0.5) is 8.78 Å². The summed E-state index contributed by atoms with van der Waals surface area (Å²) in [6, 6.07) is 18.5. The first-order valence-corrected chi connectivity index (χ1v) is 12.2. The maximum atomic E-state index is 14.0. The van der Waals surface area contributed by atoms with Gasteiger partial charge in [-0.3, -0.25) is 0 Å². The van der Waals surface area contributed by atoms with Crippen molar-refractivity contribution in [2.75, 3.05) is 6.61 Å². The predicted molar refractivity (Wildman–Crippen MR) is 128 cm³/mol. The summed E-state index contributed by atoms with van der Waals surface area (Å²) in [6.07, 6.45) is 3.13. The van der Waals surface area contributed by atoms with Crippen LogP contribution in [-0.2, 0) is 28.2 Å². The number of carbonyl (C=O) groups excluding carboxylic acids is 1. The van der Waals surface area contributed by atoms with Crippen molar-refractivity contribution in [2.24, 2.45) is 5.92 Å². The van der Waals surface area contributed by atoms with Crippen LogP contribution in [0.1, 0.15) is 56.0 Å². The summed E-state index contributed by atoms with van der Waals surface area (Å²) < 4.78 is 37.7. The molecule has 5 nitrogen and oxygen atoms in total. The molecule has 1 heterocycles. The van der Waals surface area contributed by atoms with Gasteiger partial charge in [0, 0.05) is 18.8 Å². The SMILES string of the molecule is CC(C)c1n(CCOC(=O)[C@](O)(c2ccccc2)[C@@H]2CCC(F)(F)C2)cc[n+]1Cc1ccccc1. The van der Waals surface area contributed by atoms with E-state index in [9.17, 15) is 18.7 Å². The van der Waals surface area contributed by atoms with E-state index in [4.69, 9.17) is 4.74 Å². The number of carbonyl (C=O) groups is 1. The molecule has 0 amide bonds. The predicted octanol–water partition coefficient (Wildman–Crippen LogP) is 4.81. The van der Waals surface area contributed by atoms with Crippen LogP contribution < -0.4 is 4.57 Å². The molecule has 1 aromatic heterocycles. The van der Waals surface area contributed by atoms with E-state index >= 15 is 0 Å². The van der Waals surface area contributed by atoms with Crippen molar-refractivity contribution in [1.82, 2.24) is 4.57 Å². The van der Waals surface area contributed by atoms with Gasteiger partial charge >= 0.3 is 5.97 Å². The lowest BCUT2D eigenvalue weighted by Crippen LogP contribution is -2.44. The molecule has 1 saturated carbocycles. The summed E-state index contributed by atoms with van der Waals surface area (Å²) in [5.41, 5.74) is -0.631. The van der Waals surface area contributed by atoms with Crippen LogP contribution in [0.15, 0.2) is 73.1 Å². The van der Waals surface area contributed by atoms with Crippen LogP contribution in [0.25, 0.3) is 0 Å². The molecule has 1 aliphatic carbocycles. The van der Waals surface area contributed by atoms with Gasteiger partial charge in [0.25, 0.3) is 5.82 Å². The van der Waals surface area contributed by atoms with E-state index in [0.717, 1.165) is 12.4 Å². The number of rotatable bonds is 9. The zero-order valence-electron chi connectivity index (χ0n) is 20.2. The number of halogens is 2. The molecule has 0 spiro atoms. The van der Waals surface area contributed by atoms with Crippen LogP contribution in [0, 0.1) is 5.92 Å². The molecule has 0 aliphatic heterocycles. The van der Waals surface area contributed by atoms with E-state index < -0.39 is 29.8 Å². The van der Waals surface area contributed by atoms with Crippen LogP contribution in [0.3, 0.4) is 0 Å². The highest BCUT2D eigenvalue weighted by molar-refractivity contribution is 5.81. The van der Waals surface area contributed by atoms with Gasteiger partial charge in [-0.15, -0.1) is 0 Å². The summed E-state index contributed by atoms with van der Waals surface area (Å²) in [6.45, 7) is 5.36. The fourth-order valence-electron chi connectivity index (χ4n) is 5.11. The number of hydrogen-bond acceptors (Lipinski definition) is 3.